The molecule has 1 aliphatic heterocycles. The molecule has 1 aliphatic carbocycles. The van der Waals surface area contributed by atoms with E-state index in [4.69, 9.17) is 0 Å². The lowest BCUT2D eigenvalue weighted by molar-refractivity contribution is -0.137. The smallest absolute Gasteiger partial charge is 0.352 e. The monoisotopic (exact) mass is 525 g/mol. The highest BCUT2D eigenvalue weighted by Gasteiger charge is 2.37. The Labute approximate surface area is 217 Å². The number of anilines is 1. The van der Waals surface area contributed by atoms with Gasteiger partial charge in [-0.25, -0.2) is 0 Å². The largest absolute Gasteiger partial charge is 0.418 e. The molecule has 2 aromatic carbocycles. The molecule has 5 nitrogen and oxygen atoms in total. The Morgan fingerprint density at radius 2 is 1.86 bits per heavy atom. The molecule has 1 amide bonds. The molecular formula is C28H26F3N3O2S. The van der Waals surface area contributed by atoms with Gasteiger partial charge >= 0.3 is 6.18 Å². The van der Waals surface area contributed by atoms with Crippen LogP contribution >= 0.6 is 11.8 Å². The SMILES string of the molecule is CC(C)c1ccc([C@@H]2C(C#N)=C(SCC(=O)Nc3ccccc3C(F)(F)F)NC3=C2C(=O)CCC3)cc1. The second-order valence-electron chi connectivity index (χ2n) is 9.28. The first-order chi connectivity index (χ1) is 17.6. The van der Waals surface area contributed by atoms with E-state index in [-0.39, 0.29) is 17.2 Å². The van der Waals surface area contributed by atoms with Gasteiger partial charge in [-0.3, -0.25) is 9.59 Å². The summed E-state index contributed by atoms with van der Waals surface area (Å²) in [7, 11) is 0. The molecule has 0 saturated heterocycles. The fraction of sp³-hybridized carbons (Fsp3) is 0.321. The summed E-state index contributed by atoms with van der Waals surface area (Å²) in [6.45, 7) is 4.16. The van der Waals surface area contributed by atoms with Gasteiger partial charge in [0.2, 0.25) is 5.91 Å². The lowest BCUT2D eigenvalue weighted by atomic mass is 9.76. The number of allylic oxidation sites excluding steroid dienone is 3. The number of dihydropyridines is 1. The van der Waals surface area contributed by atoms with Crippen molar-refractivity contribution in [1.82, 2.24) is 5.32 Å². The van der Waals surface area contributed by atoms with Gasteiger partial charge in [0.15, 0.2) is 5.78 Å². The number of carbonyl (C=O) groups is 2. The minimum Gasteiger partial charge on any atom is -0.352 e. The summed E-state index contributed by atoms with van der Waals surface area (Å²) in [4.78, 5) is 25.6. The van der Waals surface area contributed by atoms with Crippen LogP contribution in [0, 0.1) is 11.3 Å². The Morgan fingerprint density at radius 3 is 2.51 bits per heavy atom. The molecule has 0 unspecified atom stereocenters. The van der Waals surface area contributed by atoms with Crippen LogP contribution in [0.25, 0.3) is 0 Å². The topological polar surface area (TPSA) is 82.0 Å². The van der Waals surface area contributed by atoms with Gasteiger partial charge in [0.1, 0.15) is 0 Å². The molecule has 4 rings (SSSR count). The minimum atomic E-state index is -4.60. The maximum Gasteiger partial charge on any atom is 0.418 e. The van der Waals surface area contributed by atoms with Crippen molar-refractivity contribution in [3.63, 3.8) is 0 Å². The fourth-order valence-corrected chi connectivity index (χ4v) is 5.47. The van der Waals surface area contributed by atoms with Crippen molar-refractivity contribution in [3.8, 4) is 6.07 Å². The third-order valence-electron chi connectivity index (χ3n) is 6.45. The number of Topliss-reactive ketones (excluding diaryl/α,β-unsaturated/α-hetero) is 1. The Kier molecular flexibility index (Phi) is 7.79. The van der Waals surface area contributed by atoms with E-state index in [1.54, 1.807) is 0 Å². The lowest BCUT2D eigenvalue weighted by Crippen LogP contribution is -2.31. The molecule has 37 heavy (non-hydrogen) atoms. The van der Waals surface area contributed by atoms with E-state index in [1.165, 1.54) is 18.2 Å². The summed E-state index contributed by atoms with van der Waals surface area (Å²) in [6.07, 6.45) is -2.88. The van der Waals surface area contributed by atoms with E-state index in [2.05, 4.69) is 30.6 Å². The second kappa shape index (κ2) is 10.9. The fourth-order valence-electron chi connectivity index (χ4n) is 4.61. The number of hydrogen-bond donors (Lipinski definition) is 2. The van der Waals surface area contributed by atoms with Gasteiger partial charge in [-0.05, 0) is 42.0 Å². The molecule has 1 heterocycles. The van der Waals surface area contributed by atoms with E-state index in [9.17, 15) is 28.0 Å². The second-order valence-corrected chi connectivity index (χ2v) is 10.3. The zero-order chi connectivity index (χ0) is 26.7. The van der Waals surface area contributed by atoms with E-state index in [1.807, 2.05) is 24.3 Å². The Morgan fingerprint density at radius 1 is 1.16 bits per heavy atom. The Hall–Kier alpha value is -3.51. The van der Waals surface area contributed by atoms with Crippen molar-refractivity contribution in [2.45, 2.75) is 51.1 Å². The van der Waals surface area contributed by atoms with Crippen LogP contribution in [0.5, 0.6) is 0 Å². The molecule has 2 aliphatic rings. The van der Waals surface area contributed by atoms with Gasteiger partial charge < -0.3 is 10.6 Å². The molecular weight excluding hydrogens is 499 g/mol. The van der Waals surface area contributed by atoms with Crippen LogP contribution in [0.1, 0.15) is 61.6 Å². The summed E-state index contributed by atoms with van der Waals surface area (Å²) < 4.78 is 39.9. The summed E-state index contributed by atoms with van der Waals surface area (Å²) in [5.41, 5.74) is 2.33. The van der Waals surface area contributed by atoms with E-state index in [0.717, 1.165) is 34.7 Å². The maximum absolute atomic E-state index is 13.3. The van der Waals surface area contributed by atoms with Crippen molar-refractivity contribution in [2.75, 3.05) is 11.1 Å². The van der Waals surface area contributed by atoms with Crippen molar-refractivity contribution in [1.29, 1.82) is 5.26 Å². The number of ketones is 1. The number of nitrogens with one attached hydrogen (secondary N) is 2. The van der Waals surface area contributed by atoms with Gasteiger partial charge in [-0.15, -0.1) is 0 Å². The average Bonchev–Trinajstić information content (AvgIpc) is 2.86. The number of carbonyl (C=O) groups excluding carboxylic acids is 2. The highest BCUT2D eigenvalue weighted by atomic mass is 32.2. The summed E-state index contributed by atoms with van der Waals surface area (Å²) >= 11 is 1.04. The Balaban J connectivity index is 1.61. The molecule has 0 aromatic heterocycles. The number of nitriles is 1. The van der Waals surface area contributed by atoms with Crippen molar-refractivity contribution >= 4 is 29.1 Å². The molecule has 0 fully saturated rings. The summed E-state index contributed by atoms with van der Waals surface area (Å²) in [5, 5.41) is 16.1. The molecule has 0 bridgehead atoms. The van der Waals surface area contributed by atoms with Crippen LogP contribution in [-0.4, -0.2) is 17.4 Å². The van der Waals surface area contributed by atoms with Crippen LogP contribution in [0.4, 0.5) is 18.9 Å². The van der Waals surface area contributed by atoms with Crippen molar-refractivity contribution < 1.29 is 22.8 Å². The summed E-state index contributed by atoms with van der Waals surface area (Å²) in [5.74, 6) is -1.09. The first-order valence-corrected chi connectivity index (χ1v) is 12.9. The molecule has 9 heteroatoms. The highest BCUT2D eigenvalue weighted by molar-refractivity contribution is 8.03. The minimum absolute atomic E-state index is 0.00927. The van der Waals surface area contributed by atoms with Gasteiger partial charge in [0.05, 0.1) is 39.6 Å². The average molecular weight is 526 g/mol. The molecule has 2 aromatic rings. The van der Waals surface area contributed by atoms with Crippen LogP contribution in [0.3, 0.4) is 0 Å². The van der Waals surface area contributed by atoms with Gasteiger partial charge in [-0.2, -0.15) is 18.4 Å². The van der Waals surface area contributed by atoms with Crippen LogP contribution in [-0.2, 0) is 15.8 Å². The third-order valence-corrected chi connectivity index (χ3v) is 7.47. The number of halogens is 3. The number of para-hydroxylation sites is 1. The predicted octanol–water partition coefficient (Wildman–Crippen LogP) is 6.63. The number of rotatable bonds is 6. The number of amides is 1. The van der Waals surface area contributed by atoms with E-state index < -0.39 is 23.6 Å². The van der Waals surface area contributed by atoms with Crippen molar-refractivity contribution in [2.24, 2.45) is 0 Å². The van der Waals surface area contributed by atoms with Crippen LogP contribution in [0.15, 0.2) is 70.4 Å². The van der Waals surface area contributed by atoms with E-state index >= 15 is 0 Å². The predicted molar refractivity (Wildman–Crippen MR) is 137 cm³/mol. The lowest BCUT2D eigenvalue weighted by Gasteiger charge is -2.33. The van der Waals surface area contributed by atoms with Gasteiger partial charge in [0.25, 0.3) is 0 Å². The number of hydrogen-bond acceptors (Lipinski definition) is 5. The first kappa shape index (κ1) is 26.6. The van der Waals surface area contributed by atoms with Crippen molar-refractivity contribution in [3.05, 3.63) is 87.1 Å². The van der Waals surface area contributed by atoms with Crippen LogP contribution < -0.4 is 10.6 Å². The molecule has 192 valence electrons. The standard InChI is InChI=1S/C28H26F3N3O2S/c1-16(2)17-10-12-18(13-11-17)25-19(14-32)27(34-22-8-5-9-23(35)26(22)25)37-15-24(36)33-21-7-4-3-6-20(21)28(29,30)31/h3-4,6-7,10-13,16,25,34H,5,8-9,15H2,1-2H3,(H,33,36)/t25-/m1/s1. The van der Waals surface area contributed by atoms with Gasteiger partial charge in [-0.1, -0.05) is 62.0 Å². The highest BCUT2D eigenvalue weighted by Crippen LogP contribution is 2.44. The third kappa shape index (κ3) is 5.75. The number of benzene rings is 2. The molecule has 0 spiro atoms. The van der Waals surface area contributed by atoms with E-state index in [0.29, 0.717) is 41.4 Å². The Bertz CT molecular complexity index is 1320. The maximum atomic E-state index is 13.3. The summed E-state index contributed by atoms with van der Waals surface area (Å²) in [6, 6.07) is 14.8. The van der Waals surface area contributed by atoms with Gasteiger partial charge in [0, 0.05) is 17.7 Å². The molecule has 0 saturated carbocycles. The quantitative estimate of drug-likeness (QED) is 0.442. The zero-order valence-electron chi connectivity index (χ0n) is 20.4. The molecule has 0 radical (unpaired) electrons. The first-order valence-electron chi connectivity index (χ1n) is 12.0. The zero-order valence-corrected chi connectivity index (χ0v) is 21.2. The van der Waals surface area contributed by atoms with Crippen LogP contribution in [0.2, 0.25) is 0 Å². The number of nitrogens with zero attached hydrogens (tertiary/aromatic N) is 1. The number of thioether (sulfide) groups is 1. The normalized spacial score (nSPS) is 17.9. The molecule has 1 atom stereocenters. The number of alkyl halides is 3. The molecule has 2 N–H and O–H groups in total.